The van der Waals surface area contributed by atoms with Crippen LogP contribution in [-0.2, 0) is 5.41 Å². The molecule has 0 atom stereocenters. The van der Waals surface area contributed by atoms with Gasteiger partial charge in [0.15, 0.2) is 0 Å². The van der Waals surface area contributed by atoms with Crippen LogP contribution in [0.25, 0.3) is 121 Å². The van der Waals surface area contributed by atoms with Gasteiger partial charge in [0.25, 0.3) is 0 Å². The summed E-state index contributed by atoms with van der Waals surface area (Å²) >= 11 is 0. The number of fused-ring (bicyclic) bond motifs is 20. The van der Waals surface area contributed by atoms with Crippen LogP contribution in [0.5, 0.6) is 0 Å². The van der Waals surface area contributed by atoms with Crippen molar-refractivity contribution >= 4 is 87.1 Å². The zero-order valence-corrected chi connectivity index (χ0v) is 34.4. The van der Waals surface area contributed by atoms with Crippen molar-refractivity contribution in [1.82, 2.24) is 9.13 Å². The molecule has 11 aromatic carbocycles. The first-order chi connectivity index (χ1) is 31.8. The molecule has 3 aromatic heterocycles. The van der Waals surface area contributed by atoms with Crippen molar-refractivity contribution in [1.29, 1.82) is 0 Å². The van der Waals surface area contributed by atoms with Crippen molar-refractivity contribution in [3.8, 4) is 33.6 Å². The number of furan rings is 1. The highest BCUT2D eigenvalue weighted by Crippen LogP contribution is 2.64. The summed E-state index contributed by atoms with van der Waals surface area (Å²) in [6.45, 7) is 0. The summed E-state index contributed by atoms with van der Waals surface area (Å²) in [7, 11) is 0. The molecule has 14 aromatic rings. The Hall–Kier alpha value is -8.40. The van der Waals surface area contributed by atoms with Crippen LogP contribution >= 0.6 is 0 Å². The van der Waals surface area contributed by atoms with E-state index in [2.05, 4.69) is 215 Å². The van der Waals surface area contributed by atoms with Crippen molar-refractivity contribution < 1.29 is 4.42 Å². The van der Waals surface area contributed by atoms with Crippen molar-refractivity contribution in [3.63, 3.8) is 0 Å². The van der Waals surface area contributed by atoms with Crippen LogP contribution < -0.4 is 0 Å². The molecule has 3 heterocycles. The van der Waals surface area contributed by atoms with Gasteiger partial charge in [-0.05, 0) is 103 Å². The minimum atomic E-state index is -0.422. The quantitative estimate of drug-likeness (QED) is 0.160. The summed E-state index contributed by atoms with van der Waals surface area (Å²) in [4.78, 5) is 0. The molecule has 64 heavy (non-hydrogen) atoms. The standard InChI is InChI=1S/C61H34N2O/c1-2-15-38-37(14-1)43-21-13-27-55-58(43)59-47(38)33-36(34-56(59)64-55)62-52-25-11-7-19-42(52)46-32-35(28-31-54(46)62)63-53-26-12-6-18-41(53)44-29-30-51-57(60(44)63)45-20-5-10-24-50(45)61(51)48-22-8-3-16-39(48)40-17-4-9-23-49(40)61/h1-34H. The minimum Gasteiger partial charge on any atom is -0.456 e. The van der Waals surface area contributed by atoms with E-state index in [0.717, 1.165) is 28.1 Å². The fraction of sp³-hybridized carbons (Fsp3) is 0.0164. The van der Waals surface area contributed by atoms with E-state index in [-0.39, 0.29) is 0 Å². The van der Waals surface area contributed by atoms with E-state index < -0.39 is 5.41 Å². The fourth-order valence-electron chi connectivity index (χ4n) is 12.7. The average Bonchev–Trinajstić information content (AvgIpc) is 4.14. The first kappa shape index (κ1) is 33.3. The predicted molar refractivity (Wildman–Crippen MR) is 265 cm³/mol. The lowest BCUT2D eigenvalue weighted by Gasteiger charge is -2.30. The van der Waals surface area contributed by atoms with Crippen molar-refractivity contribution in [2.75, 3.05) is 0 Å². The van der Waals surface area contributed by atoms with Crippen LogP contribution in [0.2, 0.25) is 0 Å². The van der Waals surface area contributed by atoms with Crippen molar-refractivity contribution in [3.05, 3.63) is 229 Å². The number of hydrogen-bond donors (Lipinski definition) is 0. The number of rotatable bonds is 2. The van der Waals surface area contributed by atoms with E-state index in [1.165, 1.54) is 115 Å². The van der Waals surface area contributed by atoms with Crippen LogP contribution in [0.1, 0.15) is 22.3 Å². The van der Waals surface area contributed by atoms with Gasteiger partial charge in [-0.25, -0.2) is 0 Å². The highest BCUT2D eigenvalue weighted by Gasteiger charge is 2.52. The fourth-order valence-corrected chi connectivity index (χ4v) is 12.7. The summed E-state index contributed by atoms with van der Waals surface area (Å²) in [5, 5.41) is 12.3. The first-order valence-corrected chi connectivity index (χ1v) is 22.3. The Kier molecular flexibility index (Phi) is 6.00. The summed E-state index contributed by atoms with van der Waals surface area (Å²) in [6.07, 6.45) is 0. The third kappa shape index (κ3) is 3.80. The Morgan fingerprint density at radius 2 is 0.859 bits per heavy atom. The first-order valence-electron chi connectivity index (χ1n) is 22.3. The topological polar surface area (TPSA) is 23.0 Å². The highest BCUT2D eigenvalue weighted by molar-refractivity contribution is 6.33. The molecule has 0 unspecified atom stereocenters. The van der Waals surface area contributed by atoms with E-state index in [9.17, 15) is 0 Å². The summed E-state index contributed by atoms with van der Waals surface area (Å²) in [6, 6.07) is 77.0. The lowest BCUT2D eigenvalue weighted by molar-refractivity contribution is 0.669. The molecule has 0 amide bonds. The maximum Gasteiger partial charge on any atom is 0.138 e. The SMILES string of the molecule is c1ccc2c(c1)-c1ccccc1C21c2ccccc2-c2c1ccc1c3ccccc3n(-c3ccc4c(c3)c3ccccc3n4-c3cc4oc5cccc6c7ccccc7c(c3)c4c56)c21. The molecule has 16 rings (SSSR count). The zero-order valence-electron chi connectivity index (χ0n) is 34.4. The molecule has 0 aliphatic heterocycles. The molecule has 1 spiro atoms. The van der Waals surface area contributed by atoms with Gasteiger partial charge in [0.2, 0.25) is 0 Å². The van der Waals surface area contributed by atoms with Crippen LogP contribution in [0, 0.1) is 0 Å². The average molecular weight is 811 g/mol. The molecule has 0 bridgehead atoms. The van der Waals surface area contributed by atoms with Gasteiger partial charge in [-0.1, -0.05) is 158 Å². The second kappa shape index (κ2) is 11.5. The van der Waals surface area contributed by atoms with Crippen LogP contribution in [0.4, 0.5) is 0 Å². The molecule has 3 heteroatoms. The predicted octanol–water partition coefficient (Wildman–Crippen LogP) is 15.9. The summed E-state index contributed by atoms with van der Waals surface area (Å²) < 4.78 is 11.7. The van der Waals surface area contributed by atoms with Crippen LogP contribution in [0.3, 0.4) is 0 Å². The number of hydrogen-bond acceptors (Lipinski definition) is 1. The van der Waals surface area contributed by atoms with Gasteiger partial charge in [-0.2, -0.15) is 0 Å². The molecule has 0 saturated heterocycles. The smallest absolute Gasteiger partial charge is 0.138 e. The van der Waals surface area contributed by atoms with E-state index >= 15 is 0 Å². The van der Waals surface area contributed by atoms with E-state index in [1.807, 2.05) is 0 Å². The lowest BCUT2D eigenvalue weighted by atomic mass is 9.70. The Balaban J connectivity index is 0.994. The second-order valence-electron chi connectivity index (χ2n) is 17.9. The highest BCUT2D eigenvalue weighted by atomic mass is 16.3. The van der Waals surface area contributed by atoms with Crippen molar-refractivity contribution in [2.24, 2.45) is 0 Å². The van der Waals surface area contributed by atoms with Gasteiger partial charge < -0.3 is 13.6 Å². The molecular weight excluding hydrogens is 777 g/mol. The molecule has 0 saturated carbocycles. The van der Waals surface area contributed by atoms with Crippen LogP contribution in [0.15, 0.2) is 211 Å². The van der Waals surface area contributed by atoms with E-state index in [0.29, 0.717) is 0 Å². The maximum absolute atomic E-state index is 6.72. The molecule has 2 aliphatic rings. The largest absolute Gasteiger partial charge is 0.456 e. The molecule has 0 radical (unpaired) electrons. The third-order valence-corrected chi connectivity index (χ3v) is 15.1. The minimum absolute atomic E-state index is 0.422. The van der Waals surface area contributed by atoms with Gasteiger partial charge >= 0.3 is 0 Å². The molecule has 0 N–H and O–H groups in total. The van der Waals surface area contributed by atoms with Gasteiger partial charge in [0.05, 0.1) is 33.2 Å². The third-order valence-electron chi connectivity index (χ3n) is 15.1. The van der Waals surface area contributed by atoms with Gasteiger partial charge in [-0.15, -0.1) is 0 Å². The van der Waals surface area contributed by atoms with Gasteiger partial charge in [0.1, 0.15) is 11.2 Å². The van der Waals surface area contributed by atoms with E-state index in [1.54, 1.807) is 0 Å². The monoisotopic (exact) mass is 810 g/mol. The number of nitrogens with zero attached hydrogens (tertiary/aromatic N) is 2. The summed E-state index contributed by atoms with van der Waals surface area (Å²) in [5.74, 6) is 0. The maximum atomic E-state index is 6.72. The second-order valence-corrected chi connectivity index (χ2v) is 17.9. The summed E-state index contributed by atoms with van der Waals surface area (Å²) in [5.41, 5.74) is 19.1. The number of para-hydroxylation sites is 2. The Morgan fingerprint density at radius 1 is 0.312 bits per heavy atom. The Morgan fingerprint density at radius 3 is 1.61 bits per heavy atom. The van der Waals surface area contributed by atoms with Crippen molar-refractivity contribution in [2.45, 2.75) is 5.41 Å². The van der Waals surface area contributed by atoms with Crippen LogP contribution in [-0.4, -0.2) is 9.13 Å². The molecule has 3 nitrogen and oxygen atoms in total. The Labute approximate surface area is 366 Å². The molecule has 2 aliphatic carbocycles. The van der Waals surface area contributed by atoms with E-state index in [4.69, 9.17) is 4.42 Å². The lowest BCUT2D eigenvalue weighted by Crippen LogP contribution is -2.25. The normalized spacial score (nSPS) is 13.8. The molecule has 0 fully saturated rings. The number of benzene rings is 11. The Bertz CT molecular complexity index is 4340. The van der Waals surface area contributed by atoms with Gasteiger partial charge in [-0.3, -0.25) is 0 Å². The number of aromatic nitrogens is 2. The van der Waals surface area contributed by atoms with Gasteiger partial charge in [0, 0.05) is 49.6 Å². The molecular formula is C61H34N2O. The molecule has 294 valence electrons. The zero-order chi connectivity index (χ0) is 41.4.